The van der Waals surface area contributed by atoms with Crippen molar-refractivity contribution in [1.82, 2.24) is 19.6 Å². The zero-order valence-corrected chi connectivity index (χ0v) is 54.6. The molecule has 1 saturated heterocycles. The van der Waals surface area contributed by atoms with Crippen LogP contribution in [-0.4, -0.2) is 216 Å². The molecule has 1 heterocycles. The van der Waals surface area contributed by atoms with E-state index in [0.717, 1.165) is 160 Å². The number of esters is 5. The van der Waals surface area contributed by atoms with Crippen molar-refractivity contribution in [3.63, 3.8) is 0 Å². The van der Waals surface area contributed by atoms with E-state index in [9.17, 15) is 44.4 Å². The highest BCUT2D eigenvalue weighted by molar-refractivity contribution is 8.76. The fourth-order valence-corrected chi connectivity index (χ4v) is 12.0. The second kappa shape index (κ2) is 53.9. The number of hydrogen-bond donors (Lipinski definition) is 4. The molecule has 0 bridgehead atoms. The highest BCUT2D eigenvalue weighted by Gasteiger charge is 2.21. The van der Waals surface area contributed by atoms with Crippen LogP contribution in [-0.2, 0) is 47.7 Å². The van der Waals surface area contributed by atoms with Gasteiger partial charge in [0.2, 0.25) is 0 Å². The lowest BCUT2D eigenvalue weighted by Gasteiger charge is -2.34. The predicted octanol–water partition coefficient (Wildman–Crippen LogP) is 9.92. The van der Waals surface area contributed by atoms with Gasteiger partial charge >= 0.3 is 29.8 Å². The molecule has 0 amide bonds. The topological polar surface area (TPSA) is 225 Å². The van der Waals surface area contributed by atoms with Crippen LogP contribution >= 0.6 is 21.6 Å². The summed E-state index contributed by atoms with van der Waals surface area (Å²) in [7, 11) is 3.80. The first-order chi connectivity index (χ1) is 40.0. The van der Waals surface area contributed by atoms with Gasteiger partial charge in [0.05, 0.1) is 49.8 Å². The minimum Gasteiger partial charge on any atom is -0.466 e. The molecule has 1 fully saturated rings. The molecule has 20 heteroatoms. The zero-order chi connectivity index (χ0) is 61.1. The number of piperazine rings is 1. The SMILES string of the molecule is CCCCOC(=O)CCCCCCC(O)CN(CCCCC(=O)OCCN1CCN(CCSSCCCCN(CC(O)CCCCC(=O)OC(C)C)CC(O)CCCCC(=O)OC(C)C)CC1)CC(O)CCCCCCC(=O)OCCCC. The van der Waals surface area contributed by atoms with Gasteiger partial charge in [0.15, 0.2) is 0 Å². The van der Waals surface area contributed by atoms with Crippen molar-refractivity contribution in [1.29, 1.82) is 0 Å². The maximum absolute atomic E-state index is 12.8. The molecule has 0 saturated carbocycles. The Hall–Kier alpha value is -2.27. The fourth-order valence-electron chi connectivity index (χ4n) is 9.81. The summed E-state index contributed by atoms with van der Waals surface area (Å²) >= 11 is 0. The third kappa shape index (κ3) is 50.4. The van der Waals surface area contributed by atoms with E-state index >= 15 is 0 Å². The van der Waals surface area contributed by atoms with E-state index in [0.29, 0.717) is 136 Å². The number of carbonyl (C=O) groups excluding carboxylic acids is 5. The van der Waals surface area contributed by atoms with E-state index in [-0.39, 0.29) is 42.1 Å². The average Bonchev–Trinajstić information content (AvgIpc) is 3.43. The average molecular weight is 1220 g/mol. The van der Waals surface area contributed by atoms with Gasteiger partial charge in [0.1, 0.15) is 6.61 Å². The highest BCUT2D eigenvalue weighted by Crippen LogP contribution is 2.23. The minimum absolute atomic E-state index is 0.134. The van der Waals surface area contributed by atoms with Gasteiger partial charge < -0.3 is 44.1 Å². The summed E-state index contributed by atoms with van der Waals surface area (Å²) in [5.74, 6) is 1.18. The third-order valence-corrected chi connectivity index (χ3v) is 17.0. The second-order valence-corrected chi connectivity index (χ2v) is 26.2. The van der Waals surface area contributed by atoms with E-state index in [1.807, 2.05) is 49.3 Å². The smallest absolute Gasteiger partial charge is 0.306 e. The first-order valence-electron chi connectivity index (χ1n) is 32.7. The van der Waals surface area contributed by atoms with Crippen molar-refractivity contribution in [2.75, 3.05) is 110 Å². The standard InChI is InChI=1S/C63H120N4O14S2/c1-7-9-44-77-59(72)31-17-13-11-15-27-55(68)49-66(50-56(69)28-16-12-14-18-32-60(73)78-45-10-8-2)36-24-23-33-61(74)79-46-42-64-38-40-65(41-39-64)43-48-83-82-47-26-25-37-67(51-57(70)29-19-21-34-62(75)80-53(3)4)52-58(71)30-20-22-35-63(76)81-54(5)6/h53-58,68-71H,7-52H2,1-6H3. The van der Waals surface area contributed by atoms with E-state index in [2.05, 4.69) is 33.4 Å². The largest absolute Gasteiger partial charge is 0.466 e. The predicted molar refractivity (Wildman–Crippen MR) is 335 cm³/mol. The van der Waals surface area contributed by atoms with Crippen LogP contribution in [0.3, 0.4) is 0 Å². The van der Waals surface area contributed by atoms with Crippen LogP contribution in [0.15, 0.2) is 0 Å². The van der Waals surface area contributed by atoms with Gasteiger partial charge in [-0.05, 0) is 131 Å². The number of carbonyl (C=O) groups is 5. The summed E-state index contributed by atoms with van der Waals surface area (Å²) in [5.41, 5.74) is 0. The third-order valence-electron chi connectivity index (χ3n) is 14.6. The first kappa shape index (κ1) is 78.7. The molecule has 1 rings (SSSR count). The molecule has 83 heavy (non-hydrogen) atoms. The molecule has 0 aromatic heterocycles. The van der Waals surface area contributed by atoms with Crippen molar-refractivity contribution in [2.24, 2.45) is 0 Å². The van der Waals surface area contributed by atoms with Crippen molar-refractivity contribution >= 4 is 51.4 Å². The lowest BCUT2D eigenvalue weighted by Crippen LogP contribution is -2.47. The number of unbranched alkanes of at least 4 members (excludes halogenated alkanes) is 12. The van der Waals surface area contributed by atoms with Gasteiger partial charge in [-0.2, -0.15) is 0 Å². The quantitative estimate of drug-likeness (QED) is 0.0192. The first-order valence-corrected chi connectivity index (χ1v) is 35.2. The molecule has 0 aromatic rings. The van der Waals surface area contributed by atoms with Crippen LogP contribution in [0.2, 0.25) is 0 Å². The Morgan fingerprint density at radius 1 is 0.398 bits per heavy atom. The lowest BCUT2D eigenvalue weighted by atomic mass is 10.1. The van der Waals surface area contributed by atoms with Gasteiger partial charge in [0, 0.05) is 109 Å². The van der Waals surface area contributed by atoms with Crippen molar-refractivity contribution in [2.45, 2.75) is 264 Å². The Morgan fingerprint density at radius 3 is 1.13 bits per heavy atom. The number of nitrogens with zero attached hydrogens (tertiary/aromatic N) is 4. The Kier molecular flexibility index (Phi) is 51.2. The molecule has 0 aromatic carbocycles. The summed E-state index contributed by atoms with van der Waals surface area (Å²) < 4.78 is 26.6. The monoisotopic (exact) mass is 1220 g/mol. The van der Waals surface area contributed by atoms with Gasteiger partial charge in [-0.25, -0.2) is 0 Å². The number of rotatable bonds is 57. The normalized spacial score (nSPS) is 14.8. The van der Waals surface area contributed by atoms with E-state index in [4.69, 9.17) is 23.7 Å². The molecule has 488 valence electrons. The summed E-state index contributed by atoms with van der Waals surface area (Å²) in [6.07, 6.45) is 18.8. The molecular weight excluding hydrogens is 1100 g/mol. The van der Waals surface area contributed by atoms with E-state index in [1.54, 1.807) is 0 Å². The minimum atomic E-state index is -0.551. The molecule has 1 aliphatic rings. The Bertz CT molecular complexity index is 1520. The van der Waals surface area contributed by atoms with Crippen LogP contribution in [0, 0.1) is 0 Å². The summed E-state index contributed by atoms with van der Waals surface area (Å²) in [5, 5.41) is 43.8. The summed E-state index contributed by atoms with van der Waals surface area (Å²) in [6, 6.07) is 0. The van der Waals surface area contributed by atoms with Crippen molar-refractivity contribution < 1.29 is 68.1 Å². The van der Waals surface area contributed by atoms with Gasteiger partial charge in [0.25, 0.3) is 0 Å². The van der Waals surface area contributed by atoms with Gasteiger partial charge in [-0.1, -0.05) is 99.6 Å². The van der Waals surface area contributed by atoms with E-state index in [1.165, 1.54) is 0 Å². The van der Waals surface area contributed by atoms with Crippen molar-refractivity contribution in [3.05, 3.63) is 0 Å². The Balaban J connectivity index is 2.40. The molecular formula is C63H120N4O14S2. The summed E-state index contributed by atoms with van der Waals surface area (Å²) in [4.78, 5) is 69.6. The molecule has 18 nitrogen and oxygen atoms in total. The molecule has 4 N–H and O–H groups in total. The van der Waals surface area contributed by atoms with Crippen LogP contribution in [0.25, 0.3) is 0 Å². The Morgan fingerprint density at radius 2 is 0.723 bits per heavy atom. The van der Waals surface area contributed by atoms with Crippen LogP contribution in [0.5, 0.6) is 0 Å². The molecule has 0 spiro atoms. The number of aliphatic hydroxyl groups excluding tert-OH is 4. The van der Waals surface area contributed by atoms with Crippen molar-refractivity contribution in [3.8, 4) is 0 Å². The molecule has 4 atom stereocenters. The van der Waals surface area contributed by atoms with Gasteiger partial charge in [-0.3, -0.25) is 43.6 Å². The second-order valence-electron chi connectivity index (χ2n) is 23.5. The number of hydrogen-bond acceptors (Lipinski definition) is 20. The number of aliphatic hydroxyl groups is 4. The molecule has 0 radical (unpaired) electrons. The molecule has 0 aliphatic carbocycles. The van der Waals surface area contributed by atoms with E-state index < -0.39 is 24.4 Å². The Labute approximate surface area is 511 Å². The van der Waals surface area contributed by atoms with Crippen LogP contribution in [0.4, 0.5) is 0 Å². The fraction of sp³-hybridized carbons (Fsp3) is 0.921. The van der Waals surface area contributed by atoms with Crippen LogP contribution in [0.1, 0.15) is 228 Å². The highest BCUT2D eigenvalue weighted by atomic mass is 33.1. The maximum Gasteiger partial charge on any atom is 0.306 e. The molecule has 1 aliphatic heterocycles. The maximum atomic E-state index is 12.8. The molecule has 4 unspecified atom stereocenters. The van der Waals surface area contributed by atoms with Crippen LogP contribution < -0.4 is 0 Å². The summed E-state index contributed by atoms with van der Waals surface area (Å²) in [6.45, 7) is 21.7. The number of ether oxygens (including phenoxy) is 5. The zero-order valence-electron chi connectivity index (χ0n) is 53.0. The lowest BCUT2D eigenvalue weighted by molar-refractivity contribution is -0.148. The van der Waals surface area contributed by atoms with Gasteiger partial charge in [-0.15, -0.1) is 0 Å².